The van der Waals surface area contributed by atoms with Crippen molar-refractivity contribution in [2.45, 2.75) is 148 Å². The predicted octanol–water partition coefficient (Wildman–Crippen LogP) is 8.83. The highest BCUT2D eigenvalue weighted by Crippen LogP contribution is 2.43. The number of carbonyl (C=O) groups is 3. The van der Waals surface area contributed by atoms with Gasteiger partial charge in [0, 0.05) is 12.8 Å². The first kappa shape index (κ1) is 48.2. The van der Waals surface area contributed by atoms with E-state index in [0.717, 1.165) is 83.5 Å². The molecule has 0 fully saturated rings. The summed E-state index contributed by atoms with van der Waals surface area (Å²) in [4.78, 5) is 45.2. The quantitative estimate of drug-likeness (QED) is 0.0217. The molecular formula is C39H66NO10P. The monoisotopic (exact) mass is 739 g/mol. The number of carbonyl (C=O) groups excluding carboxylic acids is 2. The second kappa shape index (κ2) is 34.3. The van der Waals surface area contributed by atoms with Crippen molar-refractivity contribution in [1.82, 2.24) is 5.32 Å². The Morgan fingerprint density at radius 1 is 0.647 bits per heavy atom. The van der Waals surface area contributed by atoms with Gasteiger partial charge in [0.25, 0.3) is 0 Å². The van der Waals surface area contributed by atoms with Crippen molar-refractivity contribution >= 4 is 25.7 Å². The van der Waals surface area contributed by atoms with Crippen molar-refractivity contribution < 1.29 is 47.8 Å². The van der Waals surface area contributed by atoms with Crippen LogP contribution in [0, 0.1) is 0 Å². The molecule has 0 aromatic rings. The Labute approximate surface area is 306 Å². The fourth-order valence-electron chi connectivity index (χ4n) is 4.63. The maximum atomic E-state index is 12.1. The average Bonchev–Trinajstić information content (AvgIpc) is 3.10. The van der Waals surface area contributed by atoms with Gasteiger partial charge in [-0.25, -0.2) is 9.36 Å². The zero-order valence-corrected chi connectivity index (χ0v) is 32.0. The van der Waals surface area contributed by atoms with Gasteiger partial charge in [-0.15, -0.1) is 0 Å². The van der Waals surface area contributed by atoms with E-state index < -0.39 is 57.6 Å². The number of esters is 1. The van der Waals surface area contributed by atoms with Gasteiger partial charge in [-0.1, -0.05) is 126 Å². The second-order valence-corrected chi connectivity index (χ2v) is 13.8. The highest BCUT2D eigenvalue weighted by molar-refractivity contribution is 7.47. The highest BCUT2D eigenvalue weighted by Gasteiger charge is 2.28. The summed E-state index contributed by atoms with van der Waals surface area (Å²) in [7, 11) is -4.74. The van der Waals surface area contributed by atoms with Crippen LogP contribution >= 0.6 is 7.82 Å². The molecule has 0 saturated carbocycles. The molecule has 0 rings (SSSR count). The highest BCUT2D eigenvalue weighted by atomic mass is 31.2. The molecule has 3 unspecified atom stereocenters. The average molecular weight is 740 g/mol. The second-order valence-electron chi connectivity index (χ2n) is 12.4. The molecule has 0 bridgehead atoms. The molecular weight excluding hydrogens is 673 g/mol. The van der Waals surface area contributed by atoms with Crippen LogP contribution in [0.25, 0.3) is 0 Å². The lowest BCUT2D eigenvalue weighted by molar-refractivity contribution is -0.147. The van der Waals surface area contributed by atoms with E-state index in [9.17, 15) is 34.1 Å². The van der Waals surface area contributed by atoms with Crippen LogP contribution < -0.4 is 5.32 Å². The minimum atomic E-state index is -4.74. The van der Waals surface area contributed by atoms with Gasteiger partial charge < -0.3 is 25.2 Å². The molecule has 11 nitrogen and oxygen atoms in total. The number of rotatable bonds is 34. The van der Waals surface area contributed by atoms with Gasteiger partial charge in [-0.2, -0.15) is 0 Å². The zero-order valence-electron chi connectivity index (χ0n) is 31.1. The summed E-state index contributed by atoms with van der Waals surface area (Å²) in [5.74, 6) is -2.42. The number of amides is 1. The number of carboxylic acid groups (broad SMARTS) is 1. The first-order chi connectivity index (χ1) is 24.6. The maximum Gasteiger partial charge on any atom is 0.472 e. The number of hydrogen-bond donors (Lipinski definition) is 4. The first-order valence-electron chi connectivity index (χ1n) is 18.8. The lowest BCUT2D eigenvalue weighted by atomic mass is 10.1. The number of phosphoric ester groups is 1. The molecule has 0 aliphatic heterocycles. The Kier molecular flexibility index (Phi) is 32.4. The number of nitrogens with one attached hydrogen (secondary N) is 1. The molecule has 0 heterocycles. The molecule has 12 heteroatoms. The molecule has 0 aromatic heterocycles. The standard InChI is InChI=1S/C39H66NO10P/c1-3-5-7-9-10-11-12-13-14-15-16-17-18-19-20-21-22-23-24-25-26-27-29-31-38(43)48-32-35(41)33-49-51(46,47)50-34-36(39(44)45)40-37(42)30-28-8-6-4-2/h5,7,10-11,13-14,16-17,19-20,35-36,41H,3-4,6,8-9,12,15,18,21-34H2,1-2H3,(H,40,42)(H,44,45)(H,46,47)/b7-5-,11-10-,14-13-,17-16-,20-19-. The van der Waals surface area contributed by atoms with Gasteiger partial charge >= 0.3 is 19.8 Å². The van der Waals surface area contributed by atoms with Gasteiger partial charge in [0.05, 0.1) is 13.2 Å². The van der Waals surface area contributed by atoms with E-state index in [0.29, 0.717) is 12.8 Å². The Bertz CT molecular complexity index is 1100. The third kappa shape index (κ3) is 34.1. The van der Waals surface area contributed by atoms with Gasteiger partial charge in [-0.05, 0) is 57.8 Å². The van der Waals surface area contributed by atoms with Gasteiger partial charge in [0.15, 0.2) is 6.04 Å². The van der Waals surface area contributed by atoms with Crippen molar-refractivity contribution in [3.63, 3.8) is 0 Å². The van der Waals surface area contributed by atoms with Crippen LogP contribution in [0.3, 0.4) is 0 Å². The van der Waals surface area contributed by atoms with Crippen LogP contribution in [0.5, 0.6) is 0 Å². The number of aliphatic hydroxyl groups excluding tert-OH is 1. The number of aliphatic carboxylic acids is 1. The van der Waals surface area contributed by atoms with E-state index in [2.05, 4.69) is 73.0 Å². The number of hydrogen-bond acceptors (Lipinski definition) is 8. The van der Waals surface area contributed by atoms with Crippen LogP contribution in [0.2, 0.25) is 0 Å². The molecule has 0 aliphatic carbocycles. The number of carboxylic acids is 1. The third-order valence-electron chi connectivity index (χ3n) is 7.57. The van der Waals surface area contributed by atoms with Crippen LogP contribution in [0.4, 0.5) is 0 Å². The van der Waals surface area contributed by atoms with Crippen LogP contribution in [0.15, 0.2) is 60.8 Å². The van der Waals surface area contributed by atoms with Crippen molar-refractivity contribution in [1.29, 1.82) is 0 Å². The van der Waals surface area contributed by atoms with Crippen molar-refractivity contribution in [2.75, 3.05) is 19.8 Å². The van der Waals surface area contributed by atoms with Crippen LogP contribution in [0.1, 0.15) is 136 Å². The molecule has 3 atom stereocenters. The maximum absolute atomic E-state index is 12.1. The molecule has 0 radical (unpaired) electrons. The van der Waals surface area contributed by atoms with Crippen molar-refractivity contribution in [3.8, 4) is 0 Å². The summed E-state index contributed by atoms with van der Waals surface area (Å²) >= 11 is 0. The van der Waals surface area contributed by atoms with E-state index in [4.69, 9.17) is 13.8 Å². The fourth-order valence-corrected chi connectivity index (χ4v) is 5.41. The summed E-state index contributed by atoms with van der Waals surface area (Å²) in [5, 5.41) is 21.5. The van der Waals surface area contributed by atoms with Gasteiger partial charge in [-0.3, -0.25) is 18.6 Å². The molecule has 0 spiro atoms. The Hall–Kier alpha value is -2.82. The Balaban J connectivity index is 3.83. The summed E-state index contributed by atoms with van der Waals surface area (Å²) in [6.45, 7) is 2.26. The zero-order chi connectivity index (χ0) is 37.8. The van der Waals surface area contributed by atoms with E-state index >= 15 is 0 Å². The molecule has 51 heavy (non-hydrogen) atoms. The smallest absolute Gasteiger partial charge is 0.472 e. The number of ether oxygens (including phenoxy) is 1. The Morgan fingerprint density at radius 2 is 1.14 bits per heavy atom. The van der Waals surface area contributed by atoms with Crippen LogP contribution in [-0.2, 0) is 32.7 Å². The molecule has 4 N–H and O–H groups in total. The molecule has 0 aliphatic rings. The molecule has 1 amide bonds. The fraction of sp³-hybridized carbons (Fsp3) is 0.667. The number of unbranched alkanes of at least 4 members (excludes halogenated alkanes) is 10. The summed E-state index contributed by atoms with van der Waals surface area (Å²) < 4.78 is 26.5. The SMILES string of the molecule is CC/C=C\C/C=C\C/C=C\C/C=C\C/C=C\CCCCCCCCCC(=O)OCC(O)COP(=O)(O)OCC(NC(=O)CCCCCC)C(=O)O. The van der Waals surface area contributed by atoms with Gasteiger partial charge in [0.1, 0.15) is 12.7 Å². The lowest BCUT2D eigenvalue weighted by Gasteiger charge is -2.18. The van der Waals surface area contributed by atoms with Gasteiger partial charge in [0.2, 0.25) is 5.91 Å². The lowest BCUT2D eigenvalue weighted by Crippen LogP contribution is -2.43. The summed E-state index contributed by atoms with van der Waals surface area (Å²) in [6, 6.07) is -1.54. The number of aliphatic hydroxyl groups is 1. The number of allylic oxidation sites excluding steroid dienone is 10. The first-order valence-corrected chi connectivity index (χ1v) is 20.3. The van der Waals surface area contributed by atoms with Crippen LogP contribution in [-0.4, -0.2) is 64.9 Å². The summed E-state index contributed by atoms with van der Waals surface area (Å²) in [6.07, 6.45) is 37.7. The van der Waals surface area contributed by atoms with Crippen molar-refractivity contribution in [3.05, 3.63) is 60.8 Å². The summed E-state index contributed by atoms with van der Waals surface area (Å²) in [5.41, 5.74) is 0. The molecule has 0 saturated heterocycles. The van der Waals surface area contributed by atoms with E-state index in [1.165, 1.54) is 12.8 Å². The minimum absolute atomic E-state index is 0.134. The molecule has 0 aromatic carbocycles. The minimum Gasteiger partial charge on any atom is -0.480 e. The predicted molar refractivity (Wildman–Crippen MR) is 203 cm³/mol. The topological polar surface area (TPSA) is 169 Å². The van der Waals surface area contributed by atoms with Crippen molar-refractivity contribution in [2.24, 2.45) is 0 Å². The normalized spacial score (nSPS) is 14.6. The molecule has 292 valence electrons. The van der Waals surface area contributed by atoms with E-state index in [1.807, 2.05) is 6.92 Å². The third-order valence-corrected chi connectivity index (χ3v) is 8.52. The van der Waals surface area contributed by atoms with E-state index in [-0.39, 0.29) is 12.8 Å². The Morgan fingerprint density at radius 3 is 1.71 bits per heavy atom. The van der Waals surface area contributed by atoms with E-state index in [1.54, 1.807) is 0 Å². The number of phosphoric acid groups is 1. The largest absolute Gasteiger partial charge is 0.480 e.